The summed E-state index contributed by atoms with van der Waals surface area (Å²) in [5, 5.41) is 8.69. The van der Waals surface area contributed by atoms with Crippen LogP contribution in [-0.2, 0) is 4.74 Å². The van der Waals surface area contributed by atoms with E-state index in [0.29, 0.717) is 13.2 Å². The lowest BCUT2D eigenvalue weighted by Gasteiger charge is -2.39. The molecule has 2 atom stereocenters. The van der Waals surface area contributed by atoms with Gasteiger partial charge < -0.3 is 15.6 Å². The third-order valence-corrected chi connectivity index (χ3v) is 3.63. The Kier molecular flexibility index (Phi) is 6.32. The maximum Gasteiger partial charge on any atom is 0.0806 e. The zero-order valence-corrected chi connectivity index (χ0v) is 10.6. The highest BCUT2D eigenvalue weighted by atomic mass is 16.5. The molecule has 3 heteroatoms. The van der Waals surface area contributed by atoms with Gasteiger partial charge in [0.25, 0.3) is 0 Å². The van der Waals surface area contributed by atoms with Gasteiger partial charge in [-0.05, 0) is 38.0 Å². The van der Waals surface area contributed by atoms with E-state index in [1.165, 1.54) is 12.8 Å². The number of aliphatic hydroxyl groups excluding tert-OH is 1. The summed E-state index contributed by atoms with van der Waals surface area (Å²) in [6.45, 7) is 4.03. The third-order valence-electron chi connectivity index (χ3n) is 3.63. The summed E-state index contributed by atoms with van der Waals surface area (Å²) in [6, 6.07) is 0. The molecule has 0 saturated heterocycles. The molecule has 0 aliphatic heterocycles. The normalized spacial score (nSPS) is 30.6. The highest BCUT2D eigenvalue weighted by Gasteiger charge is 2.34. The Hall–Kier alpha value is -0.120. The molecule has 1 aliphatic rings. The smallest absolute Gasteiger partial charge is 0.0806 e. The minimum atomic E-state index is -0.0448. The molecule has 0 aromatic rings. The van der Waals surface area contributed by atoms with Crippen LogP contribution in [0.15, 0.2) is 0 Å². The molecule has 1 fully saturated rings. The predicted molar refractivity (Wildman–Crippen MR) is 66.3 cm³/mol. The quantitative estimate of drug-likeness (QED) is 0.657. The van der Waals surface area contributed by atoms with Gasteiger partial charge in [0.1, 0.15) is 0 Å². The van der Waals surface area contributed by atoms with Gasteiger partial charge in [-0.25, -0.2) is 0 Å². The van der Waals surface area contributed by atoms with E-state index in [9.17, 15) is 0 Å². The molecule has 2 unspecified atom stereocenters. The summed E-state index contributed by atoms with van der Waals surface area (Å²) in [5.74, 6) is 0.745. The van der Waals surface area contributed by atoms with E-state index in [1.807, 2.05) is 0 Å². The van der Waals surface area contributed by atoms with Crippen molar-refractivity contribution < 1.29 is 9.84 Å². The van der Waals surface area contributed by atoms with E-state index < -0.39 is 0 Å². The second-order valence-corrected chi connectivity index (χ2v) is 5.22. The van der Waals surface area contributed by atoms with E-state index in [1.54, 1.807) is 0 Å². The Morgan fingerprint density at radius 1 is 1.38 bits per heavy atom. The van der Waals surface area contributed by atoms with Gasteiger partial charge in [-0.3, -0.25) is 0 Å². The molecule has 0 radical (unpaired) electrons. The van der Waals surface area contributed by atoms with E-state index >= 15 is 0 Å². The topological polar surface area (TPSA) is 55.5 Å². The largest absolute Gasteiger partial charge is 0.396 e. The van der Waals surface area contributed by atoms with Crippen LogP contribution < -0.4 is 5.73 Å². The fraction of sp³-hybridized carbons (Fsp3) is 1.00. The van der Waals surface area contributed by atoms with Crippen molar-refractivity contribution in [2.75, 3.05) is 19.8 Å². The first-order valence-electron chi connectivity index (χ1n) is 6.67. The zero-order chi connectivity index (χ0) is 11.9. The summed E-state index contributed by atoms with van der Waals surface area (Å²) < 4.78 is 6.03. The summed E-state index contributed by atoms with van der Waals surface area (Å²) in [6.07, 6.45) is 7.76. The molecule has 0 bridgehead atoms. The summed E-state index contributed by atoms with van der Waals surface area (Å²) in [7, 11) is 0. The molecule has 0 aromatic heterocycles. The van der Waals surface area contributed by atoms with Gasteiger partial charge in [-0.1, -0.05) is 19.8 Å². The molecule has 3 nitrogen and oxygen atoms in total. The lowest BCUT2D eigenvalue weighted by molar-refractivity contribution is -0.0754. The van der Waals surface area contributed by atoms with E-state index in [0.717, 1.165) is 44.6 Å². The average molecular weight is 229 g/mol. The Morgan fingerprint density at radius 3 is 2.81 bits per heavy atom. The number of hydrogen-bond acceptors (Lipinski definition) is 3. The minimum absolute atomic E-state index is 0.0448. The monoisotopic (exact) mass is 229 g/mol. The van der Waals surface area contributed by atoms with Crippen molar-refractivity contribution in [2.45, 2.75) is 57.5 Å². The van der Waals surface area contributed by atoms with Crippen molar-refractivity contribution in [3.05, 3.63) is 0 Å². The van der Waals surface area contributed by atoms with Crippen LogP contribution in [0.2, 0.25) is 0 Å². The second kappa shape index (κ2) is 7.25. The molecule has 96 valence electrons. The third kappa shape index (κ3) is 4.40. The van der Waals surface area contributed by atoms with E-state index in [4.69, 9.17) is 15.6 Å². The van der Waals surface area contributed by atoms with Gasteiger partial charge in [0, 0.05) is 19.8 Å². The lowest BCUT2D eigenvalue weighted by atomic mass is 9.79. The van der Waals surface area contributed by atoms with Gasteiger partial charge in [0.2, 0.25) is 0 Å². The number of rotatable bonds is 7. The fourth-order valence-electron chi connectivity index (χ4n) is 2.67. The first-order valence-corrected chi connectivity index (χ1v) is 6.67. The number of unbranched alkanes of at least 4 members (excludes halogenated alkanes) is 2. The molecule has 1 rings (SSSR count). The van der Waals surface area contributed by atoms with Gasteiger partial charge in [-0.15, -0.1) is 0 Å². The van der Waals surface area contributed by atoms with Crippen molar-refractivity contribution >= 4 is 0 Å². The standard InChI is InChI=1S/C13H27NO2/c1-12-6-5-7-13(10-12,11-14)16-9-4-2-3-8-15/h12,15H,2-11,14H2,1H3. The number of aliphatic hydroxyl groups is 1. The zero-order valence-electron chi connectivity index (χ0n) is 10.6. The SMILES string of the molecule is CC1CCCC(CN)(OCCCCCO)C1. The first-order chi connectivity index (χ1) is 7.72. The molecule has 0 amide bonds. The molecule has 16 heavy (non-hydrogen) atoms. The second-order valence-electron chi connectivity index (χ2n) is 5.22. The van der Waals surface area contributed by atoms with Gasteiger partial charge in [0.15, 0.2) is 0 Å². The Morgan fingerprint density at radius 2 is 2.19 bits per heavy atom. The van der Waals surface area contributed by atoms with Crippen molar-refractivity contribution in [2.24, 2.45) is 11.7 Å². The number of hydrogen-bond donors (Lipinski definition) is 2. The van der Waals surface area contributed by atoms with Crippen molar-refractivity contribution in [3.63, 3.8) is 0 Å². The van der Waals surface area contributed by atoms with Crippen LogP contribution in [0.3, 0.4) is 0 Å². The molecular formula is C13H27NO2. The summed E-state index contributed by atoms with van der Waals surface area (Å²) >= 11 is 0. The summed E-state index contributed by atoms with van der Waals surface area (Å²) in [5.41, 5.74) is 5.83. The number of nitrogens with two attached hydrogens (primary N) is 1. The van der Waals surface area contributed by atoms with E-state index in [-0.39, 0.29) is 5.60 Å². The van der Waals surface area contributed by atoms with Crippen LogP contribution in [-0.4, -0.2) is 30.5 Å². The molecule has 1 aliphatic carbocycles. The summed E-state index contributed by atoms with van der Waals surface area (Å²) in [4.78, 5) is 0. The molecule has 1 saturated carbocycles. The van der Waals surface area contributed by atoms with Gasteiger partial charge >= 0.3 is 0 Å². The van der Waals surface area contributed by atoms with Gasteiger partial charge in [0.05, 0.1) is 5.60 Å². The highest BCUT2D eigenvalue weighted by Crippen LogP contribution is 2.34. The van der Waals surface area contributed by atoms with Crippen LogP contribution in [0, 0.1) is 5.92 Å². The van der Waals surface area contributed by atoms with Crippen molar-refractivity contribution in [1.29, 1.82) is 0 Å². The fourth-order valence-corrected chi connectivity index (χ4v) is 2.67. The van der Waals surface area contributed by atoms with Crippen LogP contribution in [0.1, 0.15) is 51.9 Å². The van der Waals surface area contributed by atoms with Crippen LogP contribution in [0.25, 0.3) is 0 Å². The maximum atomic E-state index is 8.69. The predicted octanol–water partition coefficient (Wildman–Crippen LogP) is 2.07. The van der Waals surface area contributed by atoms with Crippen molar-refractivity contribution in [1.82, 2.24) is 0 Å². The molecule has 0 aromatic carbocycles. The Balaban J connectivity index is 2.24. The van der Waals surface area contributed by atoms with Crippen molar-refractivity contribution in [3.8, 4) is 0 Å². The number of ether oxygens (including phenoxy) is 1. The lowest BCUT2D eigenvalue weighted by Crippen LogP contribution is -2.44. The average Bonchev–Trinajstić information content (AvgIpc) is 2.29. The molecule has 3 N–H and O–H groups in total. The minimum Gasteiger partial charge on any atom is -0.396 e. The molecular weight excluding hydrogens is 202 g/mol. The van der Waals surface area contributed by atoms with Crippen LogP contribution in [0.5, 0.6) is 0 Å². The molecule has 0 heterocycles. The van der Waals surface area contributed by atoms with E-state index in [2.05, 4.69) is 6.92 Å². The van der Waals surface area contributed by atoms with Crippen LogP contribution >= 0.6 is 0 Å². The Bertz CT molecular complexity index is 187. The van der Waals surface area contributed by atoms with Crippen LogP contribution in [0.4, 0.5) is 0 Å². The highest BCUT2D eigenvalue weighted by molar-refractivity contribution is 4.87. The maximum absolute atomic E-state index is 8.69. The first kappa shape index (κ1) is 13.9. The molecule has 0 spiro atoms. The Labute approximate surface area is 99.4 Å². The van der Waals surface area contributed by atoms with Gasteiger partial charge in [-0.2, -0.15) is 0 Å².